The molecule has 0 aromatic heterocycles. The molecule has 1 amide bonds. The number of carbonyl (C=O) groups excluding carboxylic acids is 2. The number of rotatable bonds is 7. The first-order valence-electron chi connectivity index (χ1n) is 9.37. The Bertz CT molecular complexity index is 1110. The van der Waals surface area contributed by atoms with Crippen LogP contribution >= 0.6 is 0 Å². The Morgan fingerprint density at radius 1 is 1.00 bits per heavy atom. The van der Waals surface area contributed by atoms with E-state index in [1.807, 2.05) is 0 Å². The van der Waals surface area contributed by atoms with Crippen LogP contribution < -0.4 is 14.9 Å². The number of phenols is 2. The molecule has 0 radical (unpaired) electrons. The number of ether oxygens (including phenoxy) is 2. The molecule has 3 aromatic rings. The summed E-state index contributed by atoms with van der Waals surface area (Å²) in [6.07, 6.45) is 1.38. The molecule has 158 valence electrons. The van der Waals surface area contributed by atoms with Crippen LogP contribution in [-0.4, -0.2) is 34.9 Å². The normalized spacial score (nSPS) is 10.6. The number of aromatic hydroxyl groups is 2. The quantitative estimate of drug-likeness (QED) is 0.233. The van der Waals surface area contributed by atoms with E-state index in [1.165, 1.54) is 18.3 Å². The zero-order valence-electron chi connectivity index (χ0n) is 16.6. The fraction of sp³-hybridized carbons (Fsp3) is 0.0870. The Kier molecular flexibility index (Phi) is 6.85. The highest BCUT2D eigenvalue weighted by Crippen LogP contribution is 2.29. The molecule has 0 aliphatic rings. The summed E-state index contributed by atoms with van der Waals surface area (Å²) in [5.41, 5.74) is 3.25. The molecule has 0 fully saturated rings. The van der Waals surface area contributed by atoms with Gasteiger partial charge in [0.1, 0.15) is 11.5 Å². The van der Waals surface area contributed by atoms with Crippen molar-refractivity contribution in [3.63, 3.8) is 0 Å². The number of benzene rings is 3. The van der Waals surface area contributed by atoms with Gasteiger partial charge < -0.3 is 19.7 Å². The molecule has 0 saturated carbocycles. The highest BCUT2D eigenvalue weighted by Gasteiger charge is 2.13. The van der Waals surface area contributed by atoms with Crippen LogP contribution in [0.5, 0.6) is 23.0 Å². The maximum Gasteiger partial charge on any atom is 0.343 e. The third-order valence-electron chi connectivity index (χ3n) is 4.09. The van der Waals surface area contributed by atoms with Gasteiger partial charge in [0.25, 0.3) is 5.91 Å². The molecule has 0 atom stereocenters. The Morgan fingerprint density at radius 2 is 1.77 bits per heavy atom. The molecule has 3 rings (SSSR count). The minimum Gasteiger partial charge on any atom is -0.508 e. The van der Waals surface area contributed by atoms with Crippen molar-refractivity contribution in [2.45, 2.75) is 6.92 Å². The monoisotopic (exact) mass is 420 g/mol. The van der Waals surface area contributed by atoms with Crippen LogP contribution in [0.15, 0.2) is 71.8 Å². The van der Waals surface area contributed by atoms with E-state index >= 15 is 0 Å². The van der Waals surface area contributed by atoms with E-state index in [0.29, 0.717) is 23.5 Å². The standard InChI is InChI=1S/C23H20N2O6/c1-2-30-21-12-15(8-11-20(21)31-23(29)16-6-4-3-5-7-16)14-24-25-22(28)18-10-9-17(26)13-19(18)27/h3-14,26-27H,2H2,1H3,(H,25,28). The Balaban J connectivity index is 1.71. The molecular weight excluding hydrogens is 400 g/mol. The van der Waals surface area contributed by atoms with Crippen molar-refractivity contribution >= 4 is 18.1 Å². The molecule has 0 saturated heterocycles. The molecule has 0 aliphatic heterocycles. The van der Waals surface area contributed by atoms with Gasteiger partial charge in [-0.15, -0.1) is 0 Å². The van der Waals surface area contributed by atoms with Crippen molar-refractivity contribution in [2.75, 3.05) is 6.61 Å². The fourth-order valence-corrected chi connectivity index (χ4v) is 2.63. The summed E-state index contributed by atoms with van der Waals surface area (Å²) < 4.78 is 11.0. The molecule has 0 spiro atoms. The van der Waals surface area contributed by atoms with E-state index in [4.69, 9.17) is 9.47 Å². The SMILES string of the molecule is CCOc1cc(C=NNC(=O)c2ccc(O)cc2O)ccc1OC(=O)c1ccccc1. The van der Waals surface area contributed by atoms with Gasteiger partial charge in [0.15, 0.2) is 11.5 Å². The predicted molar refractivity (Wildman–Crippen MR) is 114 cm³/mol. The van der Waals surface area contributed by atoms with Gasteiger partial charge in [-0.05, 0) is 55.0 Å². The van der Waals surface area contributed by atoms with E-state index in [9.17, 15) is 19.8 Å². The van der Waals surface area contributed by atoms with E-state index in [1.54, 1.807) is 55.5 Å². The summed E-state index contributed by atoms with van der Waals surface area (Å²) in [7, 11) is 0. The first-order valence-corrected chi connectivity index (χ1v) is 9.37. The smallest absolute Gasteiger partial charge is 0.343 e. The van der Waals surface area contributed by atoms with Gasteiger partial charge in [-0.25, -0.2) is 10.2 Å². The summed E-state index contributed by atoms with van der Waals surface area (Å²) in [6, 6.07) is 17.0. The summed E-state index contributed by atoms with van der Waals surface area (Å²) in [4.78, 5) is 24.4. The fourth-order valence-electron chi connectivity index (χ4n) is 2.63. The molecule has 0 unspecified atom stereocenters. The third-order valence-corrected chi connectivity index (χ3v) is 4.09. The summed E-state index contributed by atoms with van der Waals surface area (Å²) >= 11 is 0. The number of nitrogens with one attached hydrogen (secondary N) is 1. The molecule has 8 nitrogen and oxygen atoms in total. The molecule has 3 aromatic carbocycles. The lowest BCUT2D eigenvalue weighted by molar-refractivity contribution is 0.0728. The minimum atomic E-state index is -0.646. The van der Waals surface area contributed by atoms with Crippen LogP contribution in [0.4, 0.5) is 0 Å². The van der Waals surface area contributed by atoms with Gasteiger partial charge in [0.05, 0.1) is 23.9 Å². The topological polar surface area (TPSA) is 117 Å². The van der Waals surface area contributed by atoms with Crippen LogP contribution in [0.1, 0.15) is 33.2 Å². The van der Waals surface area contributed by atoms with E-state index in [2.05, 4.69) is 10.5 Å². The van der Waals surface area contributed by atoms with Crippen molar-refractivity contribution in [3.05, 3.63) is 83.4 Å². The average Bonchev–Trinajstić information content (AvgIpc) is 2.76. The number of phenolic OH excluding ortho intramolecular Hbond substituents is 2. The first-order chi connectivity index (χ1) is 15.0. The lowest BCUT2D eigenvalue weighted by Gasteiger charge is -2.11. The van der Waals surface area contributed by atoms with E-state index in [-0.39, 0.29) is 22.8 Å². The highest BCUT2D eigenvalue weighted by molar-refractivity contribution is 5.97. The molecule has 0 heterocycles. The van der Waals surface area contributed by atoms with E-state index < -0.39 is 11.9 Å². The molecule has 8 heteroatoms. The van der Waals surface area contributed by atoms with Crippen LogP contribution in [-0.2, 0) is 0 Å². The second kappa shape index (κ2) is 9.93. The maximum absolute atomic E-state index is 12.3. The molecule has 3 N–H and O–H groups in total. The molecule has 31 heavy (non-hydrogen) atoms. The van der Waals surface area contributed by atoms with Crippen LogP contribution in [0.3, 0.4) is 0 Å². The predicted octanol–water partition coefficient (Wildman–Crippen LogP) is 3.48. The first kappa shape index (κ1) is 21.4. The second-order valence-corrected chi connectivity index (χ2v) is 6.30. The number of hydrazone groups is 1. The lowest BCUT2D eigenvalue weighted by Crippen LogP contribution is -2.17. The molecular formula is C23H20N2O6. The largest absolute Gasteiger partial charge is 0.508 e. The minimum absolute atomic E-state index is 0.0341. The molecule has 0 aliphatic carbocycles. The summed E-state index contributed by atoms with van der Waals surface area (Å²) in [6.45, 7) is 2.15. The maximum atomic E-state index is 12.3. The summed E-state index contributed by atoms with van der Waals surface area (Å²) in [5, 5.41) is 22.9. The number of esters is 1. The number of nitrogens with zero attached hydrogens (tertiary/aromatic N) is 1. The Morgan fingerprint density at radius 3 is 2.48 bits per heavy atom. The molecule has 0 bridgehead atoms. The highest BCUT2D eigenvalue weighted by atomic mass is 16.6. The number of hydrogen-bond acceptors (Lipinski definition) is 7. The lowest BCUT2D eigenvalue weighted by atomic mass is 10.2. The number of amides is 1. The van der Waals surface area contributed by atoms with Gasteiger partial charge in [0.2, 0.25) is 0 Å². The van der Waals surface area contributed by atoms with E-state index in [0.717, 1.165) is 6.07 Å². The van der Waals surface area contributed by atoms with Gasteiger partial charge >= 0.3 is 5.97 Å². The number of carbonyl (C=O) groups is 2. The van der Waals surface area contributed by atoms with Gasteiger partial charge in [-0.2, -0.15) is 5.10 Å². The van der Waals surface area contributed by atoms with Crippen molar-refractivity contribution in [3.8, 4) is 23.0 Å². The number of hydrogen-bond donors (Lipinski definition) is 3. The van der Waals surface area contributed by atoms with Gasteiger partial charge in [-0.3, -0.25) is 4.79 Å². The van der Waals surface area contributed by atoms with Crippen LogP contribution in [0.25, 0.3) is 0 Å². The summed E-state index contributed by atoms with van der Waals surface area (Å²) in [5.74, 6) is -1.08. The van der Waals surface area contributed by atoms with Crippen molar-refractivity contribution in [1.82, 2.24) is 5.43 Å². The van der Waals surface area contributed by atoms with Crippen molar-refractivity contribution < 1.29 is 29.3 Å². The zero-order chi connectivity index (χ0) is 22.2. The van der Waals surface area contributed by atoms with Crippen molar-refractivity contribution in [2.24, 2.45) is 5.10 Å². The zero-order valence-corrected chi connectivity index (χ0v) is 16.6. The van der Waals surface area contributed by atoms with Gasteiger partial charge in [0, 0.05) is 6.07 Å². The second-order valence-electron chi connectivity index (χ2n) is 6.30. The Hall–Kier alpha value is -4.33. The Labute approximate surface area is 178 Å². The van der Waals surface area contributed by atoms with Gasteiger partial charge in [-0.1, -0.05) is 18.2 Å². The third kappa shape index (κ3) is 5.60. The average molecular weight is 420 g/mol. The van der Waals surface area contributed by atoms with Crippen LogP contribution in [0.2, 0.25) is 0 Å². The van der Waals surface area contributed by atoms with Crippen molar-refractivity contribution in [1.29, 1.82) is 0 Å². The van der Waals surface area contributed by atoms with Crippen LogP contribution in [0, 0.1) is 0 Å².